The van der Waals surface area contributed by atoms with E-state index in [1.165, 1.54) is 31.2 Å². The predicted octanol–water partition coefficient (Wildman–Crippen LogP) is 3.34. The number of aryl methyl sites for hydroxylation is 2. The summed E-state index contributed by atoms with van der Waals surface area (Å²) in [4.78, 5) is 24.1. The van der Waals surface area contributed by atoms with E-state index in [2.05, 4.69) is 4.72 Å². The van der Waals surface area contributed by atoms with E-state index in [0.717, 1.165) is 5.56 Å². The average Bonchev–Trinajstić information content (AvgIpc) is 2.66. The van der Waals surface area contributed by atoms with E-state index in [-0.39, 0.29) is 21.3 Å². The first kappa shape index (κ1) is 21.0. The Kier molecular flexibility index (Phi) is 5.79. The van der Waals surface area contributed by atoms with Crippen LogP contribution in [0.3, 0.4) is 0 Å². The number of halogens is 1. The lowest BCUT2D eigenvalue weighted by Gasteiger charge is -2.14. The summed E-state index contributed by atoms with van der Waals surface area (Å²) in [7, 11) is -3.89. The number of sulfonamides is 1. The molecule has 0 radical (unpaired) electrons. The molecule has 9 heteroatoms. The van der Waals surface area contributed by atoms with Crippen molar-refractivity contribution in [3.63, 3.8) is 0 Å². The largest absolute Gasteiger partial charge is 0.425 e. The molecule has 3 aromatic rings. The quantitative estimate of drug-likeness (QED) is 0.374. The lowest BCUT2D eigenvalue weighted by Crippen LogP contribution is -2.40. The summed E-state index contributed by atoms with van der Waals surface area (Å²) in [5.74, 6) is -0.707. The van der Waals surface area contributed by atoms with Crippen LogP contribution in [0.4, 0.5) is 0 Å². The Bertz CT molecular complexity index is 1250. The zero-order chi connectivity index (χ0) is 21.3. The van der Waals surface area contributed by atoms with Crippen molar-refractivity contribution in [3.05, 3.63) is 69.0 Å². The number of fused-ring (bicyclic) bond motifs is 1. The maximum absolute atomic E-state index is 12.4. The molecule has 29 heavy (non-hydrogen) atoms. The van der Waals surface area contributed by atoms with Crippen molar-refractivity contribution in [2.75, 3.05) is 0 Å². The molecule has 0 saturated heterocycles. The molecule has 1 heterocycles. The van der Waals surface area contributed by atoms with Crippen LogP contribution in [0.5, 0.6) is 5.75 Å². The fraction of sp³-hybridized carbons (Fsp3) is 0.200. The molecule has 0 fully saturated rings. The van der Waals surface area contributed by atoms with Gasteiger partial charge in [0.2, 0.25) is 10.0 Å². The number of esters is 1. The summed E-state index contributed by atoms with van der Waals surface area (Å²) in [6.07, 6.45) is 0. The highest BCUT2D eigenvalue weighted by Crippen LogP contribution is 2.26. The van der Waals surface area contributed by atoms with Crippen molar-refractivity contribution in [3.8, 4) is 5.75 Å². The highest BCUT2D eigenvalue weighted by Gasteiger charge is 2.24. The van der Waals surface area contributed by atoms with Gasteiger partial charge in [-0.3, -0.25) is 0 Å². The van der Waals surface area contributed by atoms with Gasteiger partial charge >= 0.3 is 11.6 Å². The van der Waals surface area contributed by atoms with Gasteiger partial charge in [-0.25, -0.2) is 18.0 Å². The zero-order valence-electron chi connectivity index (χ0n) is 15.9. The minimum absolute atomic E-state index is 0.0126. The smallest absolute Gasteiger partial charge is 0.355 e. The predicted molar refractivity (Wildman–Crippen MR) is 109 cm³/mol. The molecule has 0 saturated carbocycles. The summed E-state index contributed by atoms with van der Waals surface area (Å²) in [6, 6.07) is 9.57. The van der Waals surface area contributed by atoms with Crippen LogP contribution in [0, 0.1) is 13.8 Å². The van der Waals surface area contributed by atoms with Gasteiger partial charge in [0.15, 0.2) is 0 Å². The molecule has 7 nitrogen and oxygen atoms in total. The average molecular weight is 436 g/mol. The lowest BCUT2D eigenvalue weighted by atomic mass is 10.1. The number of carbonyl (C=O) groups is 1. The number of hydrogen-bond donors (Lipinski definition) is 1. The molecule has 0 aliphatic carbocycles. The van der Waals surface area contributed by atoms with Crippen LogP contribution >= 0.6 is 11.6 Å². The van der Waals surface area contributed by atoms with Gasteiger partial charge in [0.25, 0.3) is 0 Å². The van der Waals surface area contributed by atoms with E-state index in [1.54, 1.807) is 25.1 Å². The van der Waals surface area contributed by atoms with Crippen LogP contribution in [0.1, 0.15) is 18.1 Å². The highest BCUT2D eigenvalue weighted by atomic mass is 35.5. The number of nitrogens with one attached hydrogen (secondary N) is 1. The molecule has 0 unspecified atom stereocenters. The summed E-state index contributed by atoms with van der Waals surface area (Å²) >= 11 is 5.89. The second-order valence-electron chi connectivity index (χ2n) is 6.56. The molecule has 1 N–H and O–H groups in total. The summed E-state index contributed by atoms with van der Waals surface area (Å²) in [5.41, 5.74) is 0.973. The fourth-order valence-electron chi connectivity index (χ4n) is 2.65. The standard InChI is InChI=1S/C20H18ClNO6S/c1-11-4-7-15(8-5-11)29(25,26)22-13(3)19(23)27-14-6-9-16-12(2)18(21)20(24)28-17(16)10-14/h4-10,13,22H,1-3H3/t13-/m1/s1. The van der Waals surface area contributed by atoms with Gasteiger partial charge in [-0.1, -0.05) is 29.3 Å². The Labute approximate surface area is 172 Å². The first-order valence-electron chi connectivity index (χ1n) is 8.62. The minimum Gasteiger partial charge on any atom is -0.425 e. The molecular weight excluding hydrogens is 418 g/mol. The van der Waals surface area contributed by atoms with Crippen molar-refractivity contribution in [2.24, 2.45) is 0 Å². The van der Waals surface area contributed by atoms with Crippen molar-refractivity contribution in [1.29, 1.82) is 0 Å². The molecule has 1 atom stereocenters. The maximum atomic E-state index is 12.4. The summed E-state index contributed by atoms with van der Waals surface area (Å²) in [5, 5.41) is 0.587. The lowest BCUT2D eigenvalue weighted by molar-refractivity contribution is -0.135. The highest BCUT2D eigenvalue weighted by molar-refractivity contribution is 7.89. The Morgan fingerprint density at radius 1 is 1.14 bits per heavy atom. The normalized spacial score (nSPS) is 12.7. The number of ether oxygens (including phenoxy) is 1. The molecule has 0 spiro atoms. The monoisotopic (exact) mass is 435 g/mol. The molecule has 0 bridgehead atoms. The first-order valence-corrected chi connectivity index (χ1v) is 10.5. The Balaban J connectivity index is 1.78. The van der Waals surface area contributed by atoms with Gasteiger partial charge in [0.05, 0.1) is 4.90 Å². The number of hydrogen-bond acceptors (Lipinski definition) is 6. The molecule has 0 aliphatic heterocycles. The van der Waals surface area contributed by atoms with Gasteiger partial charge in [0.1, 0.15) is 22.4 Å². The summed E-state index contributed by atoms with van der Waals surface area (Å²) in [6.45, 7) is 4.89. The minimum atomic E-state index is -3.89. The topological polar surface area (TPSA) is 103 Å². The third kappa shape index (κ3) is 4.50. The Hall–Kier alpha value is -2.68. The Morgan fingerprint density at radius 3 is 2.45 bits per heavy atom. The van der Waals surface area contributed by atoms with Crippen molar-refractivity contribution >= 4 is 38.6 Å². The van der Waals surface area contributed by atoms with Crippen LogP contribution in [0.25, 0.3) is 11.0 Å². The van der Waals surface area contributed by atoms with Crippen LogP contribution < -0.4 is 15.1 Å². The van der Waals surface area contributed by atoms with E-state index in [0.29, 0.717) is 10.9 Å². The van der Waals surface area contributed by atoms with Crippen LogP contribution in [0.2, 0.25) is 5.02 Å². The van der Waals surface area contributed by atoms with E-state index in [4.69, 9.17) is 20.8 Å². The molecule has 0 amide bonds. The van der Waals surface area contributed by atoms with Gasteiger partial charge in [-0.15, -0.1) is 0 Å². The molecule has 2 aromatic carbocycles. The van der Waals surface area contributed by atoms with E-state index in [9.17, 15) is 18.0 Å². The second-order valence-corrected chi connectivity index (χ2v) is 8.66. The SMILES string of the molecule is Cc1ccc(S(=O)(=O)N[C@H](C)C(=O)Oc2ccc3c(C)c(Cl)c(=O)oc3c2)cc1. The molecule has 3 rings (SSSR count). The Morgan fingerprint density at radius 2 is 1.79 bits per heavy atom. The van der Waals surface area contributed by atoms with E-state index in [1.807, 2.05) is 6.92 Å². The van der Waals surface area contributed by atoms with Gasteiger partial charge in [-0.05, 0) is 50.6 Å². The number of carbonyl (C=O) groups excluding carboxylic acids is 1. The van der Waals surface area contributed by atoms with E-state index >= 15 is 0 Å². The fourth-order valence-corrected chi connectivity index (χ4v) is 3.98. The maximum Gasteiger partial charge on any atom is 0.355 e. The van der Waals surface area contributed by atoms with Gasteiger partial charge in [-0.2, -0.15) is 4.72 Å². The van der Waals surface area contributed by atoms with Crippen molar-refractivity contribution in [1.82, 2.24) is 4.72 Å². The van der Waals surface area contributed by atoms with Crippen LogP contribution in [-0.4, -0.2) is 20.4 Å². The third-order valence-electron chi connectivity index (χ3n) is 4.30. The zero-order valence-corrected chi connectivity index (χ0v) is 17.4. The molecule has 1 aromatic heterocycles. The third-order valence-corrected chi connectivity index (χ3v) is 6.30. The van der Waals surface area contributed by atoms with Gasteiger partial charge < -0.3 is 9.15 Å². The van der Waals surface area contributed by atoms with Crippen LogP contribution in [-0.2, 0) is 14.8 Å². The number of benzene rings is 2. The second kappa shape index (κ2) is 7.98. The molecular formula is C20H18ClNO6S. The number of rotatable bonds is 5. The van der Waals surface area contributed by atoms with Crippen LogP contribution in [0.15, 0.2) is 56.6 Å². The first-order chi connectivity index (χ1) is 13.6. The van der Waals surface area contributed by atoms with Gasteiger partial charge in [0, 0.05) is 11.5 Å². The van der Waals surface area contributed by atoms with Crippen molar-refractivity contribution < 1.29 is 22.4 Å². The summed E-state index contributed by atoms with van der Waals surface area (Å²) < 4.78 is 37.5. The molecule has 152 valence electrons. The van der Waals surface area contributed by atoms with Crippen molar-refractivity contribution in [2.45, 2.75) is 31.7 Å². The molecule has 0 aliphatic rings. The van der Waals surface area contributed by atoms with E-state index < -0.39 is 27.7 Å².